The fraction of sp³-hybridized carbons (Fsp3) is 0.545. The lowest BCUT2D eigenvalue weighted by molar-refractivity contribution is -0.139. The van der Waals surface area contributed by atoms with Gasteiger partial charge in [0.25, 0.3) is 5.91 Å². The number of amides is 2. The molecule has 11 heteroatoms. The minimum Gasteiger partial charge on any atom is -0.336 e. The molecule has 3 fully saturated rings. The second-order valence-corrected chi connectivity index (χ2v) is 9.35. The number of carbonyl (C=O) groups excluding carboxylic acids is 3. The van der Waals surface area contributed by atoms with Gasteiger partial charge in [-0.15, -0.1) is 0 Å². The molecule has 5 rings (SSSR count). The zero-order valence-corrected chi connectivity index (χ0v) is 18.5. The van der Waals surface area contributed by atoms with Crippen LogP contribution in [0, 0.1) is 0 Å². The Bertz CT molecular complexity index is 1150. The van der Waals surface area contributed by atoms with Gasteiger partial charge in [0, 0.05) is 38.2 Å². The number of aromatic nitrogens is 2. The molecule has 2 amide bonds. The molecular formula is C22H22ClF3N4O3. The van der Waals surface area contributed by atoms with Crippen LogP contribution in [0.15, 0.2) is 12.3 Å². The molecule has 2 aromatic rings. The first kappa shape index (κ1) is 22.2. The van der Waals surface area contributed by atoms with Gasteiger partial charge in [-0.1, -0.05) is 11.6 Å². The number of alkyl halides is 3. The van der Waals surface area contributed by atoms with E-state index in [2.05, 4.69) is 4.98 Å². The standard InChI is InChI=1S/C22H22ClF3N4O3/c23-19-18(27-20-16(22(24,25)26)9-13(10-30(19)20)12-1-2-12)21(33)28-7-8-29(17(32)11-28)14-3-5-15(31)6-4-14/h9-10,12,14H,1-8,11H2. The predicted molar refractivity (Wildman–Crippen MR) is 112 cm³/mol. The Morgan fingerprint density at radius 1 is 1.09 bits per heavy atom. The maximum absolute atomic E-state index is 13.7. The second kappa shape index (κ2) is 8.00. The van der Waals surface area contributed by atoms with Crippen LogP contribution in [-0.4, -0.2) is 62.5 Å². The SMILES string of the molecule is O=C1CCC(N2CCN(C(=O)c3nc4c(C(F)(F)F)cc(C5CC5)cn4c3Cl)CC2=O)CC1. The molecule has 33 heavy (non-hydrogen) atoms. The Labute approximate surface area is 192 Å². The Morgan fingerprint density at radius 2 is 1.79 bits per heavy atom. The number of carbonyl (C=O) groups is 3. The summed E-state index contributed by atoms with van der Waals surface area (Å²) in [5.74, 6) is -0.677. The number of piperazine rings is 1. The molecule has 176 valence electrons. The zero-order valence-electron chi connectivity index (χ0n) is 17.7. The number of nitrogens with zero attached hydrogens (tertiary/aromatic N) is 4. The van der Waals surface area contributed by atoms with Gasteiger partial charge in [0.05, 0.1) is 5.56 Å². The van der Waals surface area contributed by atoms with Crippen LogP contribution in [0.5, 0.6) is 0 Å². The number of imidazole rings is 1. The lowest BCUT2D eigenvalue weighted by Crippen LogP contribution is -2.56. The molecule has 0 spiro atoms. The van der Waals surface area contributed by atoms with E-state index in [-0.39, 0.29) is 47.6 Å². The molecule has 2 aromatic heterocycles. The van der Waals surface area contributed by atoms with E-state index >= 15 is 0 Å². The number of Topliss-reactive ketones (excluding diaryl/α,β-unsaturated/α-hetero) is 1. The normalized spacial score (nSPS) is 20.7. The number of pyridine rings is 1. The third kappa shape index (κ3) is 4.09. The Morgan fingerprint density at radius 3 is 2.39 bits per heavy atom. The molecule has 0 atom stereocenters. The first-order valence-electron chi connectivity index (χ1n) is 11.0. The highest BCUT2D eigenvalue weighted by atomic mass is 35.5. The largest absolute Gasteiger partial charge is 0.419 e. The Kier molecular flexibility index (Phi) is 5.38. The number of ketones is 1. The van der Waals surface area contributed by atoms with E-state index in [1.807, 2.05) is 0 Å². The van der Waals surface area contributed by atoms with E-state index in [4.69, 9.17) is 11.6 Å². The van der Waals surface area contributed by atoms with Gasteiger partial charge >= 0.3 is 6.18 Å². The Balaban J connectivity index is 1.40. The van der Waals surface area contributed by atoms with Crippen molar-refractivity contribution in [2.24, 2.45) is 0 Å². The van der Waals surface area contributed by atoms with Crippen molar-refractivity contribution in [2.75, 3.05) is 19.6 Å². The maximum Gasteiger partial charge on any atom is 0.419 e. The van der Waals surface area contributed by atoms with Gasteiger partial charge in [0.2, 0.25) is 5.91 Å². The number of fused-ring (bicyclic) bond motifs is 1. The van der Waals surface area contributed by atoms with Gasteiger partial charge < -0.3 is 9.80 Å². The number of hydrogen-bond donors (Lipinski definition) is 0. The highest BCUT2D eigenvalue weighted by molar-refractivity contribution is 6.33. The lowest BCUT2D eigenvalue weighted by atomic mass is 9.92. The van der Waals surface area contributed by atoms with Crippen molar-refractivity contribution in [2.45, 2.75) is 56.7 Å². The van der Waals surface area contributed by atoms with Crippen LogP contribution in [0.1, 0.15) is 66.1 Å². The van der Waals surface area contributed by atoms with Crippen LogP contribution in [0.2, 0.25) is 5.15 Å². The molecular weight excluding hydrogens is 461 g/mol. The second-order valence-electron chi connectivity index (χ2n) is 8.99. The van der Waals surface area contributed by atoms with Crippen molar-refractivity contribution >= 4 is 34.8 Å². The first-order valence-corrected chi connectivity index (χ1v) is 11.4. The Hall–Kier alpha value is -2.62. The summed E-state index contributed by atoms with van der Waals surface area (Å²) in [4.78, 5) is 44.3. The minimum absolute atomic E-state index is 0.0265. The lowest BCUT2D eigenvalue weighted by Gasteiger charge is -2.40. The van der Waals surface area contributed by atoms with Crippen LogP contribution in [0.3, 0.4) is 0 Å². The highest BCUT2D eigenvalue weighted by Crippen LogP contribution is 2.43. The average Bonchev–Trinajstić information content (AvgIpc) is 3.57. The molecule has 0 bridgehead atoms. The molecule has 0 N–H and O–H groups in total. The van der Waals surface area contributed by atoms with Crippen LogP contribution in [-0.2, 0) is 15.8 Å². The summed E-state index contributed by atoms with van der Waals surface area (Å²) in [7, 11) is 0. The molecule has 0 radical (unpaired) electrons. The fourth-order valence-corrected chi connectivity index (χ4v) is 5.01. The van der Waals surface area contributed by atoms with E-state index < -0.39 is 23.3 Å². The number of hydrogen-bond acceptors (Lipinski definition) is 4. The summed E-state index contributed by atoms with van der Waals surface area (Å²) >= 11 is 6.35. The average molecular weight is 483 g/mol. The van der Waals surface area contributed by atoms with Gasteiger partial charge in [-0.2, -0.15) is 13.2 Å². The quantitative estimate of drug-likeness (QED) is 0.669. The first-order chi connectivity index (χ1) is 15.6. The van der Waals surface area contributed by atoms with Gasteiger partial charge in [-0.25, -0.2) is 4.98 Å². The van der Waals surface area contributed by atoms with E-state index in [0.717, 1.165) is 23.3 Å². The molecule has 0 unspecified atom stereocenters. The highest BCUT2D eigenvalue weighted by Gasteiger charge is 2.39. The molecule has 0 aromatic carbocycles. The minimum atomic E-state index is -4.65. The van der Waals surface area contributed by atoms with Crippen molar-refractivity contribution < 1.29 is 27.6 Å². The van der Waals surface area contributed by atoms with Crippen molar-refractivity contribution in [3.8, 4) is 0 Å². The third-order valence-electron chi connectivity index (χ3n) is 6.74. The van der Waals surface area contributed by atoms with E-state index in [9.17, 15) is 27.6 Å². The molecule has 2 saturated carbocycles. The van der Waals surface area contributed by atoms with Crippen LogP contribution < -0.4 is 0 Å². The van der Waals surface area contributed by atoms with Crippen molar-refractivity contribution in [1.29, 1.82) is 0 Å². The van der Waals surface area contributed by atoms with Gasteiger partial charge in [0.1, 0.15) is 17.5 Å². The fourth-order valence-electron chi connectivity index (χ4n) is 4.75. The van der Waals surface area contributed by atoms with E-state index in [1.54, 1.807) is 4.90 Å². The summed E-state index contributed by atoms with van der Waals surface area (Å²) in [5, 5.41) is -0.191. The van der Waals surface area contributed by atoms with Crippen molar-refractivity contribution in [3.63, 3.8) is 0 Å². The van der Waals surface area contributed by atoms with Gasteiger partial charge in [0.15, 0.2) is 11.3 Å². The molecule has 1 aliphatic heterocycles. The van der Waals surface area contributed by atoms with Crippen molar-refractivity contribution in [1.82, 2.24) is 19.2 Å². The summed E-state index contributed by atoms with van der Waals surface area (Å²) in [6, 6.07) is 1.06. The van der Waals surface area contributed by atoms with Crippen LogP contribution in [0.25, 0.3) is 5.65 Å². The van der Waals surface area contributed by atoms with Crippen LogP contribution in [0.4, 0.5) is 13.2 Å². The topological polar surface area (TPSA) is 75.0 Å². The molecule has 2 aliphatic carbocycles. The summed E-state index contributed by atoms with van der Waals surface area (Å²) in [6.07, 6.45) is 0.591. The van der Waals surface area contributed by atoms with Gasteiger partial charge in [-0.3, -0.25) is 18.8 Å². The van der Waals surface area contributed by atoms with Crippen LogP contribution >= 0.6 is 11.6 Å². The third-order valence-corrected chi connectivity index (χ3v) is 7.10. The summed E-state index contributed by atoms with van der Waals surface area (Å²) in [5.41, 5.74) is -1.12. The molecule has 7 nitrogen and oxygen atoms in total. The molecule has 3 aliphatic rings. The van der Waals surface area contributed by atoms with Gasteiger partial charge in [-0.05, 0) is 43.2 Å². The number of halogens is 4. The van der Waals surface area contributed by atoms with Crippen molar-refractivity contribution in [3.05, 3.63) is 34.2 Å². The monoisotopic (exact) mass is 482 g/mol. The van der Waals surface area contributed by atoms with E-state index in [1.165, 1.54) is 11.1 Å². The summed E-state index contributed by atoms with van der Waals surface area (Å²) in [6.45, 7) is 0.319. The zero-order chi connectivity index (χ0) is 23.5. The number of rotatable bonds is 3. The molecule has 1 saturated heterocycles. The predicted octanol–water partition coefficient (Wildman–Crippen LogP) is 3.68. The van der Waals surface area contributed by atoms with E-state index in [0.29, 0.717) is 37.8 Å². The summed E-state index contributed by atoms with van der Waals surface area (Å²) < 4.78 is 42.3. The molecule has 3 heterocycles. The smallest absolute Gasteiger partial charge is 0.336 e. The maximum atomic E-state index is 13.7.